The third-order valence-electron chi connectivity index (χ3n) is 4.63. The number of carbonyl (C=O) groups is 2. The van der Waals surface area contributed by atoms with E-state index in [0.717, 1.165) is 27.6 Å². The van der Waals surface area contributed by atoms with Crippen LogP contribution in [0, 0.1) is 6.92 Å². The second kappa shape index (κ2) is 9.72. The number of benzene rings is 3. The van der Waals surface area contributed by atoms with Gasteiger partial charge in [-0.2, -0.15) is 0 Å². The Bertz CT molecular complexity index is 1230. The van der Waals surface area contributed by atoms with Crippen molar-refractivity contribution in [2.24, 2.45) is 0 Å². The zero-order valence-electron chi connectivity index (χ0n) is 16.8. The predicted molar refractivity (Wildman–Crippen MR) is 127 cm³/mol. The Labute approximate surface area is 188 Å². The molecule has 6 nitrogen and oxygen atoms in total. The zero-order valence-corrected chi connectivity index (χ0v) is 18.4. The molecule has 156 valence electrons. The summed E-state index contributed by atoms with van der Waals surface area (Å²) in [7, 11) is 0. The molecule has 0 atom stereocenters. The molecule has 0 fully saturated rings. The van der Waals surface area contributed by atoms with E-state index >= 15 is 0 Å². The third-order valence-corrected chi connectivity index (χ3v) is 6.60. The molecular weight excluding hydrogens is 428 g/mol. The van der Waals surface area contributed by atoms with E-state index in [1.807, 2.05) is 73.7 Å². The normalized spacial score (nSPS) is 10.7. The van der Waals surface area contributed by atoms with Gasteiger partial charge in [-0.15, -0.1) is 10.2 Å². The fraction of sp³-hybridized carbons (Fsp3) is 0.130. The minimum Gasteiger partial charge on any atom is -0.325 e. The summed E-state index contributed by atoms with van der Waals surface area (Å²) in [5, 5.41) is 16.4. The minimum absolute atomic E-state index is 0.115. The summed E-state index contributed by atoms with van der Waals surface area (Å²) in [6.45, 7) is 1.95. The Morgan fingerprint density at radius 3 is 2.55 bits per heavy atom. The molecule has 8 heteroatoms. The van der Waals surface area contributed by atoms with Crippen molar-refractivity contribution in [3.05, 3.63) is 77.9 Å². The number of thioether (sulfide) groups is 1. The molecule has 0 radical (unpaired) electrons. The average Bonchev–Trinajstić information content (AvgIpc) is 3.21. The van der Waals surface area contributed by atoms with Crippen LogP contribution >= 0.6 is 23.1 Å². The van der Waals surface area contributed by atoms with Gasteiger partial charge in [-0.25, -0.2) is 0 Å². The van der Waals surface area contributed by atoms with E-state index < -0.39 is 0 Å². The van der Waals surface area contributed by atoms with Crippen LogP contribution in [0.15, 0.2) is 71.1 Å². The summed E-state index contributed by atoms with van der Waals surface area (Å²) < 4.78 is 0.625. The number of rotatable bonds is 7. The van der Waals surface area contributed by atoms with Gasteiger partial charge in [0.2, 0.25) is 16.9 Å². The second-order valence-electron chi connectivity index (χ2n) is 6.89. The van der Waals surface area contributed by atoms with Gasteiger partial charge in [-0.3, -0.25) is 9.59 Å². The molecule has 0 unspecified atom stereocenters. The van der Waals surface area contributed by atoms with Gasteiger partial charge in [0.15, 0.2) is 4.34 Å². The number of nitrogens with zero attached hydrogens (tertiary/aromatic N) is 2. The van der Waals surface area contributed by atoms with Crippen LogP contribution in [0.2, 0.25) is 0 Å². The van der Waals surface area contributed by atoms with E-state index in [0.29, 0.717) is 9.47 Å². The van der Waals surface area contributed by atoms with E-state index in [1.54, 1.807) is 0 Å². The van der Waals surface area contributed by atoms with Gasteiger partial charge in [0.05, 0.1) is 12.2 Å². The molecule has 0 saturated carbocycles. The van der Waals surface area contributed by atoms with Crippen molar-refractivity contribution in [3.8, 4) is 0 Å². The Hall–Kier alpha value is -3.23. The molecule has 2 amide bonds. The lowest BCUT2D eigenvalue weighted by molar-refractivity contribution is -0.115. The maximum Gasteiger partial charge on any atom is 0.234 e. The molecule has 4 aromatic rings. The molecule has 0 spiro atoms. The molecule has 3 aromatic carbocycles. The van der Waals surface area contributed by atoms with Crippen molar-refractivity contribution in [3.63, 3.8) is 0 Å². The molecule has 2 N–H and O–H groups in total. The number of carbonyl (C=O) groups excluding carboxylic acids is 2. The van der Waals surface area contributed by atoms with Crippen LogP contribution in [0.4, 0.5) is 10.8 Å². The summed E-state index contributed by atoms with van der Waals surface area (Å²) in [6.07, 6.45) is 0.252. The van der Waals surface area contributed by atoms with Crippen molar-refractivity contribution < 1.29 is 9.59 Å². The highest BCUT2D eigenvalue weighted by Crippen LogP contribution is 2.26. The lowest BCUT2D eigenvalue weighted by Gasteiger charge is -2.06. The van der Waals surface area contributed by atoms with Crippen molar-refractivity contribution in [2.75, 3.05) is 16.4 Å². The minimum atomic E-state index is -0.152. The van der Waals surface area contributed by atoms with Gasteiger partial charge in [-0.1, -0.05) is 83.8 Å². The van der Waals surface area contributed by atoms with Crippen LogP contribution in [0.25, 0.3) is 10.8 Å². The van der Waals surface area contributed by atoms with Crippen LogP contribution < -0.4 is 10.6 Å². The van der Waals surface area contributed by atoms with Crippen LogP contribution in [0.3, 0.4) is 0 Å². The molecule has 1 heterocycles. The Kier molecular flexibility index (Phi) is 6.59. The fourth-order valence-corrected chi connectivity index (χ4v) is 4.70. The Morgan fingerprint density at radius 2 is 1.68 bits per heavy atom. The molecule has 0 saturated heterocycles. The van der Waals surface area contributed by atoms with Crippen molar-refractivity contribution in [2.45, 2.75) is 17.7 Å². The average molecular weight is 449 g/mol. The first-order valence-corrected chi connectivity index (χ1v) is 11.5. The maximum atomic E-state index is 12.5. The summed E-state index contributed by atoms with van der Waals surface area (Å²) >= 11 is 2.54. The number of anilines is 2. The largest absolute Gasteiger partial charge is 0.325 e. The van der Waals surface area contributed by atoms with Crippen molar-refractivity contribution in [1.82, 2.24) is 10.2 Å². The first kappa shape index (κ1) is 21.0. The molecule has 1 aromatic heterocycles. The summed E-state index contributed by atoms with van der Waals surface area (Å²) in [5.74, 6) is -0.0511. The Morgan fingerprint density at radius 1 is 0.903 bits per heavy atom. The second-order valence-corrected chi connectivity index (χ2v) is 9.09. The number of amides is 2. The van der Waals surface area contributed by atoms with Crippen molar-refractivity contribution >= 4 is 56.5 Å². The highest BCUT2D eigenvalue weighted by atomic mass is 32.2. The molecule has 31 heavy (non-hydrogen) atoms. The Balaban J connectivity index is 1.31. The van der Waals surface area contributed by atoms with E-state index in [1.165, 1.54) is 23.1 Å². The van der Waals surface area contributed by atoms with Crippen LogP contribution in [-0.4, -0.2) is 27.8 Å². The highest BCUT2D eigenvalue weighted by molar-refractivity contribution is 8.01. The molecule has 0 aliphatic rings. The van der Waals surface area contributed by atoms with Gasteiger partial charge in [0.1, 0.15) is 0 Å². The van der Waals surface area contributed by atoms with Gasteiger partial charge >= 0.3 is 0 Å². The van der Waals surface area contributed by atoms with Crippen molar-refractivity contribution in [1.29, 1.82) is 0 Å². The van der Waals surface area contributed by atoms with Gasteiger partial charge < -0.3 is 10.6 Å². The van der Waals surface area contributed by atoms with Gasteiger partial charge in [-0.05, 0) is 34.9 Å². The number of hydrogen-bond acceptors (Lipinski definition) is 6. The smallest absolute Gasteiger partial charge is 0.234 e. The fourth-order valence-electron chi connectivity index (χ4n) is 3.13. The maximum absolute atomic E-state index is 12.5. The van der Waals surface area contributed by atoms with Crippen LogP contribution in [-0.2, 0) is 16.0 Å². The van der Waals surface area contributed by atoms with Gasteiger partial charge in [0.25, 0.3) is 0 Å². The lowest BCUT2D eigenvalue weighted by atomic mass is 10.0. The zero-order chi connectivity index (χ0) is 21.6. The molecule has 0 aliphatic carbocycles. The topological polar surface area (TPSA) is 84.0 Å². The number of aromatic nitrogens is 2. The molecule has 4 rings (SSSR count). The highest BCUT2D eigenvalue weighted by Gasteiger charge is 2.12. The third kappa shape index (κ3) is 5.48. The van der Waals surface area contributed by atoms with E-state index in [2.05, 4.69) is 20.8 Å². The van der Waals surface area contributed by atoms with E-state index in [9.17, 15) is 9.59 Å². The number of fused-ring (bicyclic) bond motifs is 1. The quantitative estimate of drug-likeness (QED) is 0.310. The van der Waals surface area contributed by atoms with E-state index in [4.69, 9.17) is 0 Å². The number of aryl methyl sites for hydroxylation is 1. The standard InChI is InChI=1S/C23H20N4O2S2/c1-15-7-2-5-12-19(15)24-21(29)14-30-23-27-26-22(31-23)25-20(28)13-17-10-6-9-16-8-3-4-11-18(16)17/h2-12H,13-14H2,1H3,(H,24,29)(H,25,26,28). The first-order valence-electron chi connectivity index (χ1n) is 9.67. The first-order chi connectivity index (χ1) is 15.1. The monoisotopic (exact) mass is 448 g/mol. The van der Waals surface area contributed by atoms with E-state index in [-0.39, 0.29) is 24.0 Å². The summed E-state index contributed by atoms with van der Waals surface area (Å²) in [6, 6.07) is 21.5. The number of para-hydroxylation sites is 1. The molecule has 0 aliphatic heterocycles. The molecular formula is C23H20N4O2S2. The van der Waals surface area contributed by atoms with Crippen LogP contribution in [0.5, 0.6) is 0 Å². The summed E-state index contributed by atoms with van der Waals surface area (Å²) in [4.78, 5) is 24.7. The number of nitrogens with one attached hydrogen (secondary N) is 2. The summed E-state index contributed by atoms with van der Waals surface area (Å²) in [5.41, 5.74) is 2.77. The van der Waals surface area contributed by atoms with Gasteiger partial charge in [0, 0.05) is 5.69 Å². The lowest BCUT2D eigenvalue weighted by Crippen LogP contribution is -2.14. The molecule has 0 bridgehead atoms. The predicted octanol–water partition coefficient (Wildman–Crippen LogP) is 4.91. The SMILES string of the molecule is Cc1ccccc1NC(=O)CSc1nnc(NC(=O)Cc2cccc3ccccc23)s1. The van der Waals surface area contributed by atoms with Crippen LogP contribution in [0.1, 0.15) is 11.1 Å². The number of hydrogen-bond donors (Lipinski definition) is 2.